The van der Waals surface area contributed by atoms with Gasteiger partial charge in [0.2, 0.25) is 5.75 Å². The molecule has 1 amide bonds. The first-order chi connectivity index (χ1) is 17.9. The molecule has 1 fully saturated rings. The summed E-state index contributed by atoms with van der Waals surface area (Å²) in [4.78, 5) is 28.0. The van der Waals surface area contributed by atoms with E-state index in [0.29, 0.717) is 42.4 Å². The van der Waals surface area contributed by atoms with Crippen LogP contribution in [-0.4, -0.2) is 64.4 Å². The van der Waals surface area contributed by atoms with Crippen molar-refractivity contribution < 1.29 is 33.3 Å². The van der Waals surface area contributed by atoms with Crippen LogP contribution in [0.25, 0.3) is 5.57 Å². The highest BCUT2D eigenvalue weighted by Gasteiger charge is 2.34. The Balaban J connectivity index is 1.59. The standard InChI is InChI=1S/C29H37NO7/c1-20(22-18-25(34-3)27(36-5)26(19-22)35-4)28(31)30-16-8-6-11-24(30)29(32)37-17-9-7-10-21-12-14-23(33-2)15-13-21/h12-15,18-19,24H,1,6-11,16-17H2,2-5H3/t24-/m0/s1. The molecule has 0 radical (unpaired) electrons. The molecular formula is C29H37NO7. The summed E-state index contributed by atoms with van der Waals surface area (Å²) in [5.41, 5.74) is 2.00. The Morgan fingerprint density at radius 2 is 1.59 bits per heavy atom. The number of ether oxygens (including phenoxy) is 5. The minimum absolute atomic E-state index is 0.249. The Morgan fingerprint density at radius 3 is 2.19 bits per heavy atom. The van der Waals surface area contributed by atoms with E-state index < -0.39 is 6.04 Å². The number of unbranched alkanes of at least 4 members (excludes halogenated alkanes) is 1. The van der Waals surface area contributed by atoms with Crippen molar-refractivity contribution in [2.75, 3.05) is 41.6 Å². The van der Waals surface area contributed by atoms with Gasteiger partial charge in [0.05, 0.1) is 35.0 Å². The third-order valence-electron chi connectivity index (χ3n) is 6.57. The smallest absolute Gasteiger partial charge is 0.328 e. The summed E-state index contributed by atoms with van der Waals surface area (Å²) in [7, 11) is 6.19. The van der Waals surface area contributed by atoms with Crippen LogP contribution in [0.4, 0.5) is 0 Å². The molecule has 0 unspecified atom stereocenters. The normalized spacial score (nSPS) is 15.0. The topological polar surface area (TPSA) is 83.5 Å². The predicted molar refractivity (Wildman–Crippen MR) is 141 cm³/mol. The lowest BCUT2D eigenvalue weighted by molar-refractivity contribution is -0.155. The molecule has 2 aromatic rings. The first-order valence-electron chi connectivity index (χ1n) is 12.5. The van der Waals surface area contributed by atoms with Gasteiger partial charge in [-0.25, -0.2) is 4.79 Å². The molecule has 1 atom stereocenters. The Bertz CT molecular complexity index is 1060. The van der Waals surface area contributed by atoms with E-state index in [9.17, 15) is 9.59 Å². The molecule has 0 aromatic heterocycles. The second-order valence-electron chi connectivity index (χ2n) is 8.88. The average Bonchev–Trinajstić information content (AvgIpc) is 2.95. The monoisotopic (exact) mass is 511 g/mol. The van der Waals surface area contributed by atoms with Crippen LogP contribution in [0.5, 0.6) is 23.0 Å². The number of benzene rings is 2. The zero-order valence-corrected chi connectivity index (χ0v) is 22.2. The summed E-state index contributed by atoms with van der Waals surface area (Å²) < 4.78 is 26.9. The summed E-state index contributed by atoms with van der Waals surface area (Å²) in [6, 6.07) is 10.7. The number of hydrogen-bond acceptors (Lipinski definition) is 7. The van der Waals surface area contributed by atoms with E-state index in [1.807, 2.05) is 24.3 Å². The summed E-state index contributed by atoms with van der Waals surface area (Å²) >= 11 is 0. The van der Waals surface area contributed by atoms with Crippen molar-refractivity contribution in [2.45, 2.75) is 44.6 Å². The van der Waals surface area contributed by atoms with E-state index in [0.717, 1.165) is 37.9 Å². The van der Waals surface area contributed by atoms with Gasteiger partial charge < -0.3 is 28.6 Å². The molecule has 1 saturated heterocycles. The van der Waals surface area contributed by atoms with Crippen molar-refractivity contribution in [3.8, 4) is 23.0 Å². The summed E-state index contributed by atoms with van der Waals surface area (Å²) in [5.74, 6) is 1.44. The number of carbonyl (C=O) groups is 2. The van der Waals surface area contributed by atoms with E-state index in [2.05, 4.69) is 6.58 Å². The van der Waals surface area contributed by atoms with Gasteiger partial charge in [0.25, 0.3) is 5.91 Å². The van der Waals surface area contributed by atoms with Gasteiger partial charge in [0.15, 0.2) is 11.5 Å². The van der Waals surface area contributed by atoms with E-state index in [-0.39, 0.29) is 17.4 Å². The zero-order valence-electron chi connectivity index (χ0n) is 22.2. The highest BCUT2D eigenvalue weighted by Crippen LogP contribution is 2.40. The Hall–Kier alpha value is -3.68. The van der Waals surface area contributed by atoms with E-state index in [4.69, 9.17) is 23.7 Å². The zero-order chi connectivity index (χ0) is 26.8. The van der Waals surface area contributed by atoms with Crippen LogP contribution in [0.2, 0.25) is 0 Å². The van der Waals surface area contributed by atoms with Gasteiger partial charge in [0.1, 0.15) is 11.8 Å². The molecule has 1 heterocycles. The molecule has 8 nitrogen and oxygen atoms in total. The first kappa shape index (κ1) is 27.9. The maximum Gasteiger partial charge on any atom is 0.328 e. The van der Waals surface area contributed by atoms with Gasteiger partial charge in [0, 0.05) is 12.1 Å². The predicted octanol–water partition coefficient (Wildman–Crippen LogP) is 4.68. The molecule has 0 N–H and O–H groups in total. The van der Waals surface area contributed by atoms with Crippen molar-refractivity contribution in [3.05, 3.63) is 54.1 Å². The number of methoxy groups -OCH3 is 4. The van der Waals surface area contributed by atoms with Crippen molar-refractivity contribution in [2.24, 2.45) is 0 Å². The van der Waals surface area contributed by atoms with E-state index in [1.165, 1.54) is 26.9 Å². The molecule has 0 saturated carbocycles. The van der Waals surface area contributed by atoms with Crippen LogP contribution in [0, 0.1) is 0 Å². The van der Waals surface area contributed by atoms with Crippen molar-refractivity contribution in [1.82, 2.24) is 4.90 Å². The fourth-order valence-electron chi connectivity index (χ4n) is 4.46. The number of aryl methyl sites for hydroxylation is 1. The Labute approximate surface area is 219 Å². The largest absolute Gasteiger partial charge is 0.497 e. The molecule has 1 aliphatic heterocycles. The van der Waals surface area contributed by atoms with E-state index in [1.54, 1.807) is 24.1 Å². The number of nitrogens with zero attached hydrogens (tertiary/aromatic N) is 1. The fraction of sp³-hybridized carbons (Fsp3) is 0.448. The van der Waals surface area contributed by atoms with Gasteiger partial charge >= 0.3 is 5.97 Å². The minimum Gasteiger partial charge on any atom is -0.497 e. The lowest BCUT2D eigenvalue weighted by Crippen LogP contribution is -2.48. The van der Waals surface area contributed by atoms with Crippen LogP contribution in [0.1, 0.15) is 43.2 Å². The number of amides is 1. The van der Waals surface area contributed by atoms with Crippen LogP contribution < -0.4 is 18.9 Å². The SMILES string of the molecule is C=C(C(=O)N1CCCC[C@H]1C(=O)OCCCCc1ccc(OC)cc1)c1cc(OC)c(OC)c(OC)c1. The van der Waals surface area contributed by atoms with Crippen LogP contribution in [0.15, 0.2) is 43.0 Å². The number of likely N-dealkylation sites (tertiary alicyclic amines) is 1. The third kappa shape index (κ3) is 6.96. The maximum absolute atomic E-state index is 13.4. The van der Waals surface area contributed by atoms with Gasteiger partial charge in [-0.15, -0.1) is 0 Å². The van der Waals surface area contributed by atoms with E-state index >= 15 is 0 Å². The van der Waals surface area contributed by atoms with Gasteiger partial charge in [-0.2, -0.15) is 0 Å². The number of piperidine rings is 1. The average molecular weight is 512 g/mol. The molecule has 0 spiro atoms. The van der Waals surface area contributed by atoms with Crippen LogP contribution >= 0.6 is 0 Å². The van der Waals surface area contributed by atoms with Crippen molar-refractivity contribution in [3.63, 3.8) is 0 Å². The molecule has 0 aliphatic carbocycles. The first-order valence-corrected chi connectivity index (χ1v) is 12.5. The molecule has 37 heavy (non-hydrogen) atoms. The van der Waals surface area contributed by atoms with Crippen molar-refractivity contribution in [1.29, 1.82) is 0 Å². The molecule has 8 heteroatoms. The Kier molecular flexibility index (Phi) is 10.2. The van der Waals surface area contributed by atoms with Gasteiger partial charge in [-0.05, 0) is 73.9 Å². The van der Waals surface area contributed by atoms with Crippen LogP contribution in [-0.2, 0) is 20.7 Å². The summed E-state index contributed by atoms with van der Waals surface area (Å²) in [6.45, 7) is 4.82. The third-order valence-corrected chi connectivity index (χ3v) is 6.57. The molecule has 3 rings (SSSR count). The fourth-order valence-corrected chi connectivity index (χ4v) is 4.46. The second kappa shape index (κ2) is 13.6. The second-order valence-corrected chi connectivity index (χ2v) is 8.88. The molecular weight excluding hydrogens is 474 g/mol. The lowest BCUT2D eigenvalue weighted by atomic mass is 9.98. The molecule has 1 aliphatic rings. The lowest BCUT2D eigenvalue weighted by Gasteiger charge is -2.34. The quantitative estimate of drug-likeness (QED) is 0.232. The minimum atomic E-state index is -0.623. The number of hydrogen-bond donors (Lipinski definition) is 0. The van der Waals surface area contributed by atoms with Gasteiger partial charge in [-0.3, -0.25) is 4.79 Å². The highest BCUT2D eigenvalue weighted by molar-refractivity contribution is 6.19. The molecule has 2 aromatic carbocycles. The molecule has 0 bridgehead atoms. The maximum atomic E-state index is 13.4. The number of rotatable bonds is 12. The summed E-state index contributed by atoms with van der Waals surface area (Å²) in [5, 5.41) is 0. The summed E-state index contributed by atoms with van der Waals surface area (Å²) in [6.07, 6.45) is 4.78. The molecule has 200 valence electrons. The van der Waals surface area contributed by atoms with Gasteiger partial charge in [-0.1, -0.05) is 18.7 Å². The number of esters is 1. The van der Waals surface area contributed by atoms with Crippen LogP contribution in [0.3, 0.4) is 0 Å². The number of carbonyl (C=O) groups excluding carboxylic acids is 2. The Morgan fingerprint density at radius 1 is 0.919 bits per heavy atom. The highest BCUT2D eigenvalue weighted by atomic mass is 16.5. The van der Waals surface area contributed by atoms with Crippen molar-refractivity contribution >= 4 is 17.4 Å².